The van der Waals surface area contributed by atoms with Crippen molar-refractivity contribution in [3.63, 3.8) is 0 Å². The lowest BCUT2D eigenvalue weighted by atomic mass is 10.1. The topological polar surface area (TPSA) is 62.3 Å². The largest absolute Gasteiger partial charge is 0.345 e. The molecule has 0 spiro atoms. The van der Waals surface area contributed by atoms with Gasteiger partial charge in [-0.25, -0.2) is 0 Å². The van der Waals surface area contributed by atoms with Gasteiger partial charge in [-0.1, -0.05) is 6.07 Å². The molecule has 1 fully saturated rings. The third-order valence-corrected chi connectivity index (χ3v) is 2.94. The Morgan fingerprint density at radius 3 is 3.00 bits per heavy atom. The summed E-state index contributed by atoms with van der Waals surface area (Å²) in [5, 5.41) is 3.48. The maximum Gasteiger partial charge on any atom is 0.246 e. The molecule has 5 nitrogen and oxygen atoms in total. The zero-order chi connectivity index (χ0) is 12.5. The van der Waals surface area contributed by atoms with Gasteiger partial charge >= 0.3 is 0 Å². The molecule has 2 heterocycles. The van der Waals surface area contributed by atoms with E-state index in [4.69, 9.17) is 0 Å². The van der Waals surface area contributed by atoms with Gasteiger partial charge in [0.15, 0.2) is 0 Å². The highest BCUT2D eigenvalue weighted by atomic mass is 16.2. The van der Waals surface area contributed by atoms with Gasteiger partial charge in [0.25, 0.3) is 0 Å². The fourth-order valence-electron chi connectivity index (χ4n) is 2.02. The summed E-state index contributed by atoms with van der Waals surface area (Å²) >= 11 is 0. The highest BCUT2D eigenvalue weighted by Crippen LogP contribution is 2.21. The maximum atomic E-state index is 11.8. The van der Waals surface area contributed by atoms with E-state index in [-0.39, 0.29) is 24.9 Å². The Labute approximate surface area is 103 Å². The summed E-state index contributed by atoms with van der Waals surface area (Å²) in [6.07, 6.45) is 1.72. The van der Waals surface area contributed by atoms with Crippen LogP contribution in [0.3, 0.4) is 0 Å². The molecule has 0 atom stereocenters. The minimum atomic E-state index is -0.138. The second-order valence-electron chi connectivity index (χ2n) is 4.14. The number of hydrogen-bond donors (Lipinski definition) is 1. The smallest absolute Gasteiger partial charge is 0.246 e. The highest BCUT2D eigenvalue weighted by molar-refractivity contribution is 6.05. The molecule has 1 aromatic carbocycles. The van der Waals surface area contributed by atoms with Gasteiger partial charge in [0.1, 0.15) is 6.54 Å². The molecule has 5 heteroatoms. The first-order chi connectivity index (χ1) is 8.74. The molecule has 1 aliphatic rings. The van der Waals surface area contributed by atoms with Crippen molar-refractivity contribution in [2.24, 2.45) is 0 Å². The second-order valence-corrected chi connectivity index (χ2v) is 4.14. The minimum Gasteiger partial charge on any atom is -0.345 e. The van der Waals surface area contributed by atoms with Crippen molar-refractivity contribution in [3.8, 4) is 0 Å². The number of nitrogens with zero attached hydrogens (tertiary/aromatic N) is 2. The molecule has 0 unspecified atom stereocenters. The molecule has 0 aliphatic carbocycles. The predicted octanol–water partition coefficient (Wildman–Crippen LogP) is 0.698. The Bertz CT molecular complexity index is 639. The minimum absolute atomic E-state index is 0.0594. The third kappa shape index (κ3) is 1.79. The van der Waals surface area contributed by atoms with Crippen LogP contribution in [0.2, 0.25) is 0 Å². The van der Waals surface area contributed by atoms with Crippen molar-refractivity contribution in [2.45, 2.75) is 0 Å². The van der Waals surface area contributed by atoms with Crippen LogP contribution in [-0.4, -0.2) is 29.9 Å². The zero-order valence-corrected chi connectivity index (χ0v) is 9.59. The normalized spacial score (nSPS) is 15.9. The van der Waals surface area contributed by atoms with Gasteiger partial charge in [-0.3, -0.25) is 14.6 Å². The van der Waals surface area contributed by atoms with Crippen LogP contribution >= 0.6 is 0 Å². The Hall–Kier alpha value is -2.43. The lowest BCUT2D eigenvalue weighted by Crippen LogP contribution is -2.51. The number of pyridine rings is 1. The van der Waals surface area contributed by atoms with E-state index in [9.17, 15) is 9.59 Å². The molecule has 0 bridgehead atoms. The fraction of sp³-hybridized carbons (Fsp3) is 0.154. The van der Waals surface area contributed by atoms with Crippen LogP contribution < -0.4 is 10.2 Å². The van der Waals surface area contributed by atoms with Crippen molar-refractivity contribution < 1.29 is 9.59 Å². The summed E-state index contributed by atoms with van der Waals surface area (Å²) in [6.45, 7) is 0.133. The number of anilines is 1. The van der Waals surface area contributed by atoms with E-state index in [2.05, 4.69) is 10.3 Å². The number of benzene rings is 1. The molecular weight excluding hydrogens is 230 g/mol. The first-order valence-electron chi connectivity index (χ1n) is 5.66. The Balaban J connectivity index is 2.03. The van der Waals surface area contributed by atoms with Crippen LogP contribution in [0, 0.1) is 0 Å². The van der Waals surface area contributed by atoms with Crippen LogP contribution in [0.25, 0.3) is 10.9 Å². The monoisotopic (exact) mass is 241 g/mol. The summed E-state index contributed by atoms with van der Waals surface area (Å²) in [7, 11) is 0. The zero-order valence-electron chi connectivity index (χ0n) is 9.59. The second kappa shape index (κ2) is 4.10. The van der Waals surface area contributed by atoms with Crippen molar-refractivity contribution in [1.29, 1.82) is 0 Å². The first kappa shape index (κ1) is 10.7. The fourth-order valence-corrected chi connectivity index (χ4v) is 2.02. The van der Waals surface area contributed by atoms with E-state index in [1.807, 2.05) is 30.3 Å². The molecular formula is C13H11N3O2. The molecule has 3 rings (SSSR count). The van der Waals surface area contributed by atoms with Gasteiger partial charge in [0.05, 0.1) is 12.1 Å². The van der Waals surface area contributed by atoms with Crippen molar-refractivity contribution >= 4 is 28.4 Å². The number of piperazine rings is 1. The van der Waals surface area contributed by atoms with Gasteiger partial charge in [-0.2, -0.15) is 0 Å². The van der Waals surface area contributed by atoms with E-state index in [1.54, 1.807) is 6.20 Å². The molecule has 1 N–H and O–H groups in total. The lowest BCUT2D eigenvalue weighted by molar-refractivity contribution is -0.128. The third-order valence-electron chi connectivity index (χ3n) is 2.94. The maximum absolute atomic E-state index is 11.8. The lowest BCUT2D eigenvalue weighted by Gasteiger charge is -2.26. The van der Waals surface area contributed by atoms with Crippen LogP contribution in [0.1, 0.15) is 0 Å². The summed E-state index contributed by atoms with van der Waals surface area (Å²) in [6, 6.07) is 9.31. The van der Waals surface area contributed by atoms with Gasteiger partial charge in [0, 0.05) is 17.3 Å². The number of hydrogen-bond acceptors (Lipinski definition) is 3. The van der Waals surface area contributed by atoms with Crippen LogP contribution in [0.15, 0.2) is 36.5 Å². The van der Waals surface area contributed by atoms with Crippen molar-refractivity contribution in [1.82, 2.24) is 10.3 Å². The number of fused-ring (bicyclic) bond motifs is 1. The van der Waals surface area contributed by atoms with Crippen LogP contribution in [0.5, 0.6) is 0 Å². The molecule has 1 saturated heterocycles. The number of carbonyl (C=O) groups is 2. The molecule has 0 radical (unpaired) electrons. The van der Waals surface area contributed by atoms with E-state index >= 15 is 0 Å². The Kier molecular flexibility index (Phi) is 2.44. The van der Waals surface area contributed by atoms with Gasteiger partial charge in [0.2, 0.25) is 11.8 Å². The molecule has 2 aromatic rings. The Morgan fingerprint density at radius 2 is 2.11 bits per heavy atom. The molecule has 90 valence electrons. The summed E-state index contributed by atoms with van der Waals surface area (Å²) in [4.78, 5) is 28.8. The van der Waals surface area contributed by atoms with E-state index < -0.39 is 0 Å². The quantitative estimate of drug-likeness (QED) is 0.799. The van der Waals surface area contributed by atoms with E-state index in [0.29, 0.717) is 0 Å². The summed E-state index contributed by atoms with van der Waals surface area (Å²) in [5.74, 6) is -0.237. The average Bonchev–Trinajstić information content (AvgIpc) is 2.41. The highest BCUT2D eigenvalue weighted by Gasteiger charge is 2.24. The molecule has 18 heavy (non-hydrogen) atoms. The Morgan fingerprint density at radius 1 is 1.22 bits per heavy atom. The number of carbonyl (C=O) groups excluding carboxylic acids is 2. The predicted molar refractivity (Wildman–Crippen MR) is 67.1 cm³/mol. The van der Waals surface area contributed by atoms with Gasteiger partial charge in [-0.05, 0) is 24.3 Å². The molecule has 1 aliphatic heterocycles. The SMILES string of the molecule is O=C1CN(c2ccc3ncccc3c2)C(=O)CN1. The number of nitrogens with one attached hydrogen (secondary N) is 1. The van der Waals surface area contributed by atoms with E-state index in [0.717, 1.165) is 16.6 Å². The molecule has 2 amide bonds. The number of amides is 2. The average molecular weight is 241 g/mol. The molecule has 1 aromatic heterocycles. The van der Waals surface area contributed by atoms with Crippen LogP contribution in [0.4, 0.5) is 5.69 Å². The molecule has 0 saturated carbocycles. The van der Waals surface area contributed by atoms with Crippen molar-refractivity contribution in [3.05, 3.63) is 36.5 Å². The first-order valence-corrected chi connectivity index (χ1v) is 5.66. The number of aromatic nitrogens is 1. The van der Waals surface area contributed by atoms with Gasteiger partial charge < -0.3 is 10.2 Å². The summed E-state index contributed by atoms with van der Waals surface area (Å²) in [5.41, 5.74) is 1.60. The van der Waals surface area contributed by atoms with E-state index in [1.165, 1.54) is 4.90 Å². The van der Waals surface area contributed by atoms with Crippen LogP contribution in [-0.2, 0) is 9.59 Å². The standard InChI is InChI=1S/C13H11N3O2/c17-12-8-16(13(18)7-15-12)10-3-4-11-9(6-10)2-1-5-14-11/h1-6H,7-8H2,(H,15,17). The van der Waals surface area contributed by atoms with Crippen molar-refractivity contribution in [2.75, 3.05) is 18.0 Å². The summed E-state index contributed by atoms with van der Waals surface area (Å²) < 4.78 is 0. The van der Waals surface area contributed by atoms with Gasteiger partial charge in [-0.15, -0.1) is 0 Å². The number of rotatable bonds is 1.